The standard InChI is InChI=1S/C54H37NO/c1-5-15-38(16-6-1)41-27-32-45(33-28-41)55(46-34-29-42(30-35-46)39-17-7-2-8-18-39)51-25-13-24-49-50-37-44(40-19-9-3-10-20-40)31-36-48(50)53-47(43-21-11-4-12-22-43)23-14-26-52(53)56-54(49)51/h1-37H. The average molecular weight is 716 g/mol. The van der Waals surface area contributed by atoms with Crippen LogP contribution in [0, 0.1) is 0 Å². The third-order valence-electron chi connectivity index (χ3n) is 10.7. The SMILES string of the molecule is c1ccc(-c2ccc(N(c3ccc(-c4ccccc4)cc3)c3cccc4c3Oc3cccc(-c5ccccc5)c3-c3ccc(-c5ccccc5)cc3-4)cc2)cc1. The van der Waals surface area contributed by atoms with Gasteiger partial charge in [0.1, 0.15) is 5.75 Å². The molecule has 0 radical (unpaired) electrons. The summed E-state index contributed by atoms with van der Waals surface area (Å²) in [5, 5.41) is 0. The molecule has 2 nitrogen and oxygen atoms in total. The van der Waals surface area contributed by atoms with E-state index < -0.39 is 0 Å². The van der Waals surface area contributed by atoms with Gasteiger partial charge in [0.15, 0.2) is 5.75 Å². The second-order valence-corrected chi connectivity index (χ2v) is 14.1. The number of rotatable bonds is 7. The Morgan fingerprint density at radius 3 is 1.29 bits per heavy atom. The third kappa shape index (κ3) is 6.14. The largest absolute Gasteiger partial charge is 0.454 e. The van der Waals surface area contributed by atoms with E-state index in [0.717, 1.165) is 67.5 Å². The van der Waals surface area contributed by atoms with Crippen LogP contribution in [0.2, 0.25) is 0 Å². The number of ether oxygens (including phenoxy) is 1. The fourth-order valence-electron chi connectivity index (χ4n) is 7.97. The molecule has 1 heterocycles. The Labute approximate surface area is 328 Å². The van der Waals surface area contributed by atoms with Gasteiger partial charge < -0.3 is 9.64 Å². The van der Waals surface area contributed by atoms with Crippen LogP contribution in [-0.4, -0.2) is 0 Å². The second kappa shape index (κ2) is 14.4. The molecule has 0 aromatic heterocycles. The highest BCUT2D eigenvalue weighted by Crippen LogP contribution is 2.55. The minimum Gasteiger partial charge on any atom is -0.454 e. The molecule has 56 heavy (non-hydrogen) atoms. The van der Waals surface area contributed by atoms with Gasteiger partial charge >= 0.3 is 0 Å². The molecule has 2 heteroatoms. The van der Waals surface area contributed by atoms with Crippen LogP contribution in [0.4, 0.5) is 17.1 Å². The molecule has 1 aliphatic heterocycles. The number of hydrogen-bond donors (Lipinski definition) is 0. The van der Waals surface area contributed by atoms with E-state index in [9.17, 15) is 0 Å². The van der Waals surface area contributed by atoms with Gasteiger partial charge in [0.05, 0.1) is 5.69 Å². The predicted molar refractivity (Wildman–Crippen MR) is 234 cm³/mol. The maximum atomic E-state index is 7.29. The van der Waals surface area contributed by atoms with Crippen molar-refractivity contribution >= 4 is 17.1 Å². The smallest absolute Gasteiger partial charge is 0.159 e. The van der Waals surface area contributed by atoms with Crippen molar-refractivity contribution in [1.82, 2.24) is 0 Å². The summed E-state index contributed by atoms with van der Waals surface area (Å²) in [5.74, 6) is 1.63. The average Bonchev–Trinajstić information content (AvgIpc) is 3.43. The van der Waals surface area contributed by atoms with E-state index >= 15 is 0 Å². The Balaban J connectivity index is 1.20. The normalized spacial score (nSPS) is 11.4. The van der Waals surface area contributed by atoms with Crippen LogP contribution in [0.1, 0.15) is 0 Å². The first-order valence-corrected chi connectivity index (χ1v) is 19.1. The summed E-state index contributed by atoms with van der Waals surface area (Å²) < 4.78 is 7.29. The van der Waals surface area contributed by atoms with Crippen LogP contribution < -0.4 is 9.64 Å². The third-order valence-corrected chi connectivity index (χ3v) is 10.7. The fourth-order valence-corrected chi connectivity index (χ4v) is 7.97. The van der Waals surface area contributed by atoms with Crippen molar-refractivity contribution in [2.75, 3.05) is 4.90 Å². The zero-order chi connectivity index (χ0) is 37.3. The highest BCUT2D eigenvalue weighted by molar-refractivity contribution is 6.01. The molecule has 0 spiro atoms. The molecule has 0 saturated heterocycles. The van der Waals surface area contributed by atoms with Crippen molar-refractivity contribution in [3.05, 3.63) is 224 Å². The van der Waals surface area contributed by atoms with Gasteiger partial charge in [0.2, 0.25) is 0 Å². The number of benzene rings is 9. The van der Waals surface area contributed by atoms with Crippen LogP contribution in [-0.2, 0) is 0 Å². The summed E-state index contributed by atoms with van der Waals surface area (Å²) in [6, 6.07) is 79.8. The van der Waals surface area contributed by atoms with E-state index in [1.807, 2.05) is 0 Å². The van der Waals surface area contributed by atoms with Gasteiger partial charge in [-0.1, -0.05) is 182 Å². The Kier molecular flexibility index (Phi) is 8.55. The van der Waals surface area contributed by atoms with Crippen LogP contribution >= 0.6 is 0 Å². The highest BCUT2D eigenvalue weighted by atomic mass is 16.5. The second-order valence-electron chi connectivity index (χ2n) is 14.1. The fraction of sp³-hybridized carbons (Fsp3) is 0. The van der Waals surface area contributed by atoms with Crippen molar-refractivity contribution in [2.24, 2.45) is 0 Å². The predicted octanol–water partition coefficient (Wildman–Crippen LogP) is 15.3. The monoisotopic (exact) mass is 715 g/mol. The Hall–Kier alpha value is -7.42. The van der Waals surface area contributed by atoms with Crippen molar-refractivity contribution in [1.29, 1.82) is 0 Å². The van der Waals surface area contributed by atoms with Crippen molar-refractivity contribution < 1.29 is 4.74 Å². The number of anilines is 3. The lowest BCUT2D eigenvalue weighted by atomic mass is 9.87. The summed E-state index contributed by atoms with van der Waals surface area (Å²) in [7, 11) is 0. The zero-order valence-electron chi connectivity index (χ0n) is 30.7. The van der Waals surface area contributed by atoms with E-state index in [0.29, 0.717) is 0 Å². The molecule has 0 amide bonds. The molecular weight excluding hydrogens is 679 g/mol. The zero-order valence-corrected chi connectivity index (χ0v) is 30.7. The Morgan fingerprint density at radius 2 is 0.732 bits per heavy atom. The minimum atomic E-state index is 0.808. The molecule has 1 aliphatic rings. The molecule has 9 aromatic rings. The lowest BCUT2D eigenvalue weighted by molar-refractivity contribution is 0.489. The molecule has 0 unspecified atom stereocenters. The molecule has 0 bridgehead atoms. The topological polar surface area (TPSA) is 12.5 Å². The Bertz CT molecular complexity index is 2700. The summed E-state index contributed by atoms with van der Waals surface area (Å²) in [6.07, 6.45) is 0. The van der Waals surface area contributed by atoms with Gasteiger partial charge in [-0.2, -0.15) is 0 Å². The number of fused-ring (bicyclic) bond motifs is 5. The van der Waals surface area contributed by atoms with Gasteiger partial charge in [0, 0.05) is 22.5 Å². The van der Waals surface area contributed by atoms with E-state index in [4.69, 9.17) is 4.74 Å². The van der Waals surface area contributed by atoms with Crippen molar-refractivity contribution in [3.8, 4) is 78.3 Å². The molecule has 0 aliphatic carbocycles. The van der Waals surface area contributed by atoms with Crippen LogP contribution in [0.15, 0.2) is 224 Å². The highest BCUT2D eigenvalue weighted by Gasteiger charge is 2.28. The van der Waals surface area contributed by atoms with Crippen LogP contribution in [0.3, 0.4) is 0 Å². The van der Waals surface area contributed by atoms with E-state index in [1.54, 1.807) is 0 Å². The lowest BCUT2D eigenvalue weighted by Crippen LogP contribution is -2.11. The Morgan fingerprint density at radius 1 is 0.286 bits per heavy atom. The number of para-hydroxylation sites is 1. The summed E-state index contributed by atoms with van der Waals surface area (Å²) in [4.78, 5) is 2.33. The number of hydrogen-bond acceptors (Lipinski definition) is 2. The molecule has 0 atom stereocenters. The molecule has 0 saturated carbocycles. The van der Waals surface area contributed by atoms with Gasteiger partial charge in [-0.05, 0) is 98.1 Å². The first-order chi connectivity index (χ1) is 27.8. The minimum absolute atomic E-state index is 0.808. The van der Waals surface area contributed by atoms with Gasteiger partial charge in [-0.25, -0.2) is 0 Å². The van der Waals surface area contributed by atoms with Crippen molar-refractivity contribution in [2.45, 2.75) is 0 Å². The molecule has 264 valence electrons. The van der Waals surface area contributed by atoms with Gasteiger partial charge in [0.25, 0.3) is 0 Å². The van der Waals surface area contributed by atoms with Gasteiger partial charge in [-0.3, -0.25) is 0 Å². The number of nitrogens with zero attached hydrogens (tertiary/aromatic N) is 1. The maximum absolute atomic E-state index is 7.29. The van der Waals surface area contributed by atoms with Crippen molar-refractivity contribution in [3.63, 3.8) is 0 Å². The van der Waals surface area contributed by atoms with Crippen LogP contribution in [0.5, 0.6) is 11.5 Å². The molecular formula is C54H37NO. The molecule has 9 aromatic carbocycles. The summed E-state index contributed by atoms with van der Waals surface area (Å²) >= 11 is 0. The van der Waals surface area contributed by atoms with Gasteiger partial charge in [-0.15, -0.1) is 0 Å². The molecule has 0 fully saturated rings. The lowest BCUT2D eigenvalue weighted by Gasteiger charge is -2.28. The first kappa shape index (κ1) is 33.2. The van der Waals surface area contributed by atoms with E-state index in [1.165, 1.54) is 27.8 Å². The molecule has 0 N–H and O–H groups in total. The first-order valence-electron chi connectivity index (χ1n) is 19.1. The van der Waals surface area contributed by atoms with E-state index in [2.05, 4.69) is 229 Å². The van der Waals surface area contributed by atoms with Crippen LogP contribution in [0.25, 0.3) is 66.8 Å². The van der Waals surface area contributed by atoms with E-state index in [-0.39, 0.29) is 0 Å². The quantitative estimate of drug-likeness (QED) is 0.163. The molecule has 10 rings (SSSR count). The summed E-state index contributed by atoms with van der Waals surface area (Å²) in [5.41, 5.74) is 16.7. The summed E-state index contributed by atoms with van der Waals surface area (Å²) in [6.45, 7) is 0. The maximum Gasteiger partial charge on any atom is 0.159 e.